The van der Waals surface area contributed by atoms with Gasteiger partial charge in [0.1, 0.15) is 18.0 Å². The molecule has 0 amide bonds. The number of hydrogen-bond acceptors (Lipinski definition) is 5. The van der Waals surface area contributed by atoms with Gasteiger partial charge in [-0.1, -0.05) is 36.4 Å². The van der Waals surface area contributed by atoms with E-state index in [1.165, 1.54) is 10.8 Å². The quantitative estimate of drug-likeness (QED) is 0.930. The number of likely N-dealkylation sites (N-methyl/N-ethyl adjacent to an activating group) is 1. The van der Waals surface area contributed by atoms with E-state index in [1.807, 2.05) is 26.2 Å². The summed E-state index contributed by atoms with van der Waals surface area (Å²) >= 11 is 0. The van der Waals surface area contributed by atoms with E-state index in [-0.39, 0.29) is 6.04 Å². The Morgan fingerprint density at radius 3 is 2.80 bits per heavy atom. The highest BCUT2D eigenvalue weighted by Gasteiger charge is 2.31. The second kappa shape index (κ2) is 6.57. The lowest BCUT2D eigenvalue weighted by molar-refractivity contribution is 0.420. The van der Waals surface area contributed by atoms with E-state index in [2.05, 4.69) is 55.5 Å². The lowest BCUT2D eigenvalue weighted by atomic mass is 10.1. The summed E-state index contributed by atoms with van der Waals surface area (Å²) in [5.41, 5.74) is 1.04. The molecule has 0 aromatic heterocycles. The minimum atomic E-state index is -0.228. The monoisotopic (exact) mass is 332 g/mol. The van der Waals surface area contributed by atoms with Crippen LogP contribution >= 0.6 is 0 Å². The van der Waals surface area contributed by atoms with Gasteiger partial charge in [0.15, 0.2) is 11.9 Å². The van der Waals surface area contributed by atoms with Crippen molar-refractivity contribution >= 4 is 34.6 Å². The standard InChI is InChI=1S/C19H20N6/c1-25(2)10-9-20-18-16-19(22-12-21-18)24-17(23-16)15-8-7-13-5-3-4-6-14(13)11-15/h3-8,11-12,16H,9-10H2,1-2H3,(H,20,21,22,23,24). The van der Waals surface area contributed by atoms with Crippen LogP contribution in [0.15, 0.2) is 62.4 Å². The molecule has 1 atom stereocenters. The molecular weight excluding hydrogens is 312 g/mol. The van der Waals surface area contributed by atoms with Gasteiger partial charge in [-0.2, -0.15) is 0 Å². The van der Waals surface area contributed by atoms with Crippen LogP contribution in [0.3, 0.4) is 0 Å². The number of nitrogens with zero attached hydrogens (tertiary/aromatic N) is 5. The van der Waals surface area contributed by atoms with Crippen molar-refractivity contribution in [3.8, 4) is 0 Å². The second-order valence-electron chi connectivity index (χ2n) is 6.37. The summed E-state index contributed by atoms with van der Waals surface area (Å²) in [5.74, 6) is 2.33. The molecule has 2 aromatic carbocycles. The Morgan fingerprint density at radius 1 is 1.12 bits per heavy atom. The molecular formula is C19H20N6. The first-order chi connectivity index (χ1) is 12.2. The smallest absolute Gasteiger partial charge is 0.169 e. The van der Waals surface area contributed by atoms with E-state index in [0.29, 0.717) is 6.54 Å². The fraction of sp³-hybridized carbons (Fsp3) is 0.263. The summed E-state index contributed by atoms with van der Waals surface area (Å²) in [6.45, 7) is 1.58. The van der Waals surface area contributed by atoms with Gasteiger partial charge in [0.2, 0.25) is 0 Å². The number of rotatable bonds is 4. The van der Waals surface area contributed by atoms with Gasteiger partial charge in [-0.25, -0.2) is 15.0 Å². The number of nitrogens with one attached hydrogen (secondary N) is 1. The predicted molar refractivity (Wildman–Crippen MR) is 104 cm³/mol. The summed E-state index contributed by atoms with van der Waals surface area (Å²) < 4.78 is 0. The number of benzene rings is 2. The summed E-state index contributed by atoms with van der Waals surface area (Å²) in [6, 6.07) is 14.4. The third kappa shape index (κ3) is 3.21. The van der Waals surface area contributed by atoms with Gasteiger partial charge in [-0.05, 0) is 30.9 Å². The van der Waals surface area contributed by atoms with E-state index in [1.54, 1.807) is 6.34 Å². The van der Waals surface area contributed by atoms with Crippen LogP contribution in [0.25, 0.3) is 10.8 Å². The van der Waals surface area contributed by atoms with Crippen molar-refractivity contribution in [1.82, 2.24) is 10.2 Å². The molecule has 0 aliphatic carbocycles. The topological polar surface area (TPSA) is 64.7 Å². The molecule has 1 N–H and O–H groups in total. The number of amidine groups is 3. The lowest BCUT2D eigenvalue weighted by Gasteiger charge is -2.12. The number of aliphatic imine (C=N–C) groups is 4. The van der Waals surface area contributed by atoms with E-state index < -0.39 is 0 Å². The van der Waals surface area contributed by atoms with Crippen molar-refractivity contribution < 1.29 is 0 Å². The summed E-state index contributed by atoms with van der Waals surface area (Å²) in [5, 5.41) is 5.73. The van der Waals surface area contributed by atoms with E-state index in [4.69, 9.17) is 4.99 Å². The molecule has 25 heavy (non-hydrogen) atoms. The van der Waals surface area contributed by atoms with Crippen LogP contribution in [0, 0.1) is 0 Å². The lowest BCUT2D eigenvalue weighted by Crippen LogP contribution is -2.35. The van der Waals surface area contributed by atoms with Gasteiger partial charge in [0, 0.05) is 12.1 Å². The van der Waals surface area contributed by atoms with Crippen molar-refractivity contribution in [3.05, 3.63) is 48.0 Å². The second-order valence-corrected chi connectivity index (χ2v) is 6.37. The maximum atomic E-state index is 4.78. The number of fused-ring (bicyclic) bond motifs is 2. The third-order valence-electron chi connectivity index (χ3n) is 4.24. The summed E-state index contributed by atoms with van der Waals surface area (Å²) in [6.07, 6.45) is 1.55. The Labute approximate surface area is 146 Å². The molecule has 0 spiro atoms. The van der Waals surface area contributed by atoms with Crippen LogP contribution in [0.1, 0.15) is 5.56 Å². The Balaban J connectivity index is 1.61. The van der Waals surface area contributed by atoms with Crippen LogP contribution < -0.4 is 5.32 Å². The van der Waals surface area contributed by atoms with Gasteiger partial charge in [-0.15, -0.1) is 0 Å². The van der Waals surface area contributed by atoms with Gasteiger partial charge in [0.25, 0.3) is 0 Å². The normalized spacial score (nSPS) is 20.6. The first-order valence-electron chi connectivity index (χ1n) is 8.34. The largest absolute Gasteiger partial charge is 0.326 e. The van der Waals surface area contributed by atoms with Crippen molar-refractivity contribution in [2.24, 2.45) is 20.0 Å². The van der Waals surface area contributed by atoms with Gasteiger partial charge in [-0.3, -0.25) is 4.99 Å². The van der Waals surface area contributed by atoms with Crippen molar-refractivity contribution in [2.75, 3.05) is 27.2 Å². The minimum absolute atomic E-state index is 0.228. The molecule has 4 rings (SSSR count). The van der Waals surface area contributed by atoms with Crippen LogP contribution in [0.2, 0.25) is 0 Å². The Kier molecular flexibility index (Phi) is 4.11. The van der Waals surface area contributed by atoms with Crippen molar-refractivity contribution in [1.29, 1.82) is 0 Å². The molecule has 6 nitrogen and oxygen atoms in total. The van der Waals surface area contributed by atoms with Crippen LogP contribution in [-0.2, 0) is 0 Å². The molecule has 2 aliphatic heterocycles. The average molecular weight is 332 g/mol. The third-order valence-corrected chi connectivity index (χ3v) is 4.24. The predicted octanol–water partition coefficient (Wildman–Crippen LogP) is 1.96. The molecule has 0 bridgehead atoms. The van der Waals surface area contributed by atoms with Crippen LogP contribution in [0.5, 0.6) is 0 Å². The molecule has 1 unspecified atom stereocenters. The Hall–Kier alpha value is -2.86. The van der Waals surface area contributed by atoms with Gasteiger partial charge in [0.05, 0.1) is 6.54 Å². The molecule has 6 heteroatoms. The zero-order chi connectivity index (χ0) is 17.2. The molecule has 0 saturated carbocycles. The summed E-state index contributed by atoms with van der Waals surface area (Å²) in [4.78, 5) is 20.1. The van der Waals surface area contributed by atoms with Gasteiger partial charge >= 0.3 is 0 Å². The Morgan fingerprint density at radius 2 is 1.96 bits per heavy atom. The molecule has 0 radical (unpaired) electrons. The SMILES string of the molecule is CN(C)CCN=C1N=CN=C2NC(c3ccc4ccccc4c3)=NC12. The Bertz CT molecular complexity index is 922. The average Bonchev–Trinajstić information content (AvgIpc) is 3.06. The first kappa shape index (κ1) is 15.7. The van der Waals surface area contributed by atoms with E-state index in [9.17, 15) is 0 Å². The van der Waals surface area contributed by atoms with E-state index in [0.717, 1.165) is 29.6 Å². The van der Waals surface area contributed by atoms with E-state index >= 15 is 0 Å². The number of hydrogen-bond donors (Lipinski definition) is 1. The molecule has 2 heterocycles. The fourth-order valence-corrected chi connectivity index (χ4v) is 2.89. The highest BCUT2D eigenvalue weighted by atomic mass is 15.2. The van der Waals surface area contributed by atoms with Crippen molar-refractivity contribution in [2.45, 2.75) is 6.04 Å². The molecule has 2 aromatic rings. The molecule has 126 valence electrons. The maximum Gasteiger partial charge on any atom is 0.169 e. The first-order valence-corrected chi connectivity index (χ1v) is 8.34. The molecule has 2 aliphatic rings. The summed E-state index contributed by atoms with van der Waals surface area (Å²) in [7, 11) is 4.06. The molecule has 0 fully saturated rings. The van der Waals surface area contributed by atoms with Crippen molar-refractivity contribution in [3.63, 3.8) is 0 Å². The molecule has 0 saturated heterocycles. The zero-order valence-corrected chi connectivity index (χ0v) is 14.3. The highest BCUT2D eigenvalue weighted by Crippen LogP contribution is 2.19. The maximum absolute atomic E-state index is 4.78. The van der Waals surface area contributed by atoms with Crippen LogP contribution in [0.4, 0.5) is 0 Å². The highest BCUT2D eigenvalue weighted by molar-refractivity contribution is 6.26. The van der Waals surface area contributed by atoms with Crippen LogP contribution in [-0.4, -0.2) is 62.0 Å². The van der Waals surface area contributed by atoms with Gasteiger partial charge < -0.3 is 10.2 Å². The fourth-order valence-electron chi connectivity index (χ4n) is 2.89. The minimum Gasteiger partial charge on any atom is -0.326 e. The zero-order valence-electron chi connectivity index (χ0n) is 14.3.